The molecule has 1 aliphatic rings. The van der Waals surface area contributed by atoms with Crippen LogP contribution in [0.3, 0.4) is 0 Å². The van der Waals surface area contributed by atoms with E-state index in [1.165, 1.54) is 41.3 Å². The molecule has 1 aromatic heterocycles. The maximum absolute atomic E-state index is 6.15. The van der Waals surface area contributed by atoms with E-state index in [0.29, 0.717) is 0 Å². The van der Waals surface area contributed by atoms with Gasteiger partial charge in [0.25, 0.3) is 0 Å². The molecule has 1 N–H and O–H groups in total. The van der Waals surface area contributed by atoms with Gasteiger partial charge in [-0.3, -0.25) is 0 Å². The van der Waals surface area contributed by atoms with Crippen LogP contribution in [0.1, 0.15) is 56.6 Å². The van der Waals surface area contributed by atoms with Crippen molar-refractivity contribution in [3.05, 3.63) is 34.6 Å². The monoisotopic (exact) mass is 271 g/mol. The number of aryl methyl sites for hydroxylation is 3. The summed E-state index contributed by atoms with van der Waals surface area (Å²) in [6.07, 6.45) is 4.77. The Morgan fingerprint density at radius 3 is 2.50 bits per heavy atom. The molecule has 0 radical (unpaired) electrons. The highest BCUT2D eigenvalue weighted by Gasteiger charge is 2.19. The largest absolute Gasteiger partial charge is 0.459 e. The van der Waals surface area contributed by atoms with Gasteiger partial charge in [-0.15, -0.1) is 0 Å². The van der Waals surface area contributed by atoms with Crippen LogP contribution in [0, 0.1) is 0 Å². The molecule has 0 bridgehead atoms. The van der Waals surface area contributed by atoms with E-state index in [1.54, 1.807) is 0 Å². The topological polar surface area (TPSA) is 25.2 Å². The third kappa shape index (κ3) is 2.49. The molecule has 2 aromatic rings. The fourth-order valence-electron chi connectivity index (χ4n) is 3.14. The van der Waals surface area contributed by atoms with Crippen molar-refractivity contribution in [3.8, 4) is 0 Å². The van der Waals surface area contributed by atoms with Gasteiger partial charge in [0.05, 0.1) is 6.54 Å². The van der Waals surface area contributed by atoms with Gasteiger partial charge in [-0.05, 0) is 69.7 Å². The first-order valence-corrected chi connectivity index (χ1v) is 7.79. The second-order valence-electron chi connectivity index (χ2n) is 6.93. The smallest absolute Gasteiger partial charge is 0.134 e. The number of furan rings is 1. The van der Waals surface area contributed by atoms with Crippen molar-refractivity contribution >= 4 is 11.0 Å². The fourth-order valence-corrected chi connectivity index (χ4v) is 3.14. The first-order chi connectivity index (χ1) is 9.48. The van der Waals surface area contributed by atoms with E-state index in [1.807, 2.05) is 0 Å². The van der Waals surface area contributed by atoms with Crippen molar-refractivity contribution in [2.24, 2.45) is 0 Å². The second-order valence-corrected chi connectivity index (χ2v) is 6.93. The summed E-state index contributed by atoms with van der Waals surface area (Å²) in [7, 11) is 0. The van der Waals surface area contributed by atoms with Crippen LogP contribution in [-0.2, 0) is 25.8 Å². The van der Waals surface area contributed by atoms with Gasteiger partial charge in [0.2, 0.25) is 0 Å². The predicted octanol–water partition coefficient (Wildman–Crippen LogP) is 4.37. The molecule has 1 heterocycles. The van der Waals surface area contributed by atoms with Crippen LogP contribution in [0.5, 0.6) is 0 Å². The molecule has 0 atom stereocenters. The molecule has 0 spiro atoms. The zero-order valence-corrected chi connectivity index (χ0v) is 13.1. The molecule has 0 aliphatic heterocycles. The van der Waals surface area contributed by atoms with Gasteiger partial charge in [-0.2, -0.15) is 0 Å². The van der Waals surface area contributed by atoms with E-state index in [9.17, 15) is 0 Å². The summed E-state index contributed by atoms with van der Waals surface area (Å²) >= 11 is 0. The van der Waals surface area contributed by atoms with Gasteiger partial charge in [0, 0.05) is 16.5 Å². The summed E-state index contributed by atoms with van der Waals surface area (Å²) in [6.45, 7) is 9.60. The normalized spacial score (nSPS) is 15.0. The van der Waals surface area contributed by atoms with E-state index in [2.05, 4.69) is 45.1 Å². The van der Waals surface area contributed by atoms with Crippen LogP contribution in [0.15, 0.2) is 16.5 Å². The minimum atomic E-state index is 0.117. The summed E-state index contributed by atoms with van der Waals surface area (Å²) in [5.41, 5.74) is 5.60. The van der Waals surface area contributed by atoms with Crippen molar-refractivity contribution in [1.82, 2.24) is 5.32 Å². The van der Waals surface area contributed by atoms with Crippen molar-refractivity contribution < 1.29 is 4.42 Å². The van der Waals surface area contributed by atoms with Gasteiger partial charge in [-0.25, -0.2) is 0 Å². The quantitative estimate of drug-likeness (QED) is 0.896. The molecule has 3 rings (SSSR count). The second kappa shape index (κ2) is 4.92. The minimum Gasteiger partial charge on any atom is -0.459 e. The van der Waals surface area contributed by atoms with Crippen LogP contribution in [0.25, 0.3) is 11.0 Å². The number of benzene rings is 1. The molecular formula is C18H25NO. The number of fused-ring (bicyclic) bond motifs is 2. The van der Waals surface area contributed by atoms with Crippen molar-refractivity contribution in [2.45, 2.75) is 65.5 Å². The average Bonchev–Trinajstić information content (AvgIpc) is 2.95. The van der Waals surface area contributed by atoms with Crippen LogP contribution in [0.2, 0.25) is 0 Å². The van der Waals surface area contributed by atoms with Gasteiger partial charge < -0.3 is 9.73 Å². The van der Waals surface area contributed by atoms with Crippen molar-refractivity contribution in [3.63, 3.8) is 0 Å². The lowest BCUT2D eigenvalue weighted by molar-refractivity contribution is 0.393. The first kappa shape index (κ1) is 13.7. The van der Waals surface area contributed by atoms with Gasteiger partial charge in [0.15, 0.2) is 0 Å². The maximum atomic E-state index is 6.15. The highest BCUT2D eigenvalue weighted by atomic mass is 16.3. The lowest BCUT2D eigenvalue weighted by Gasteiger charge is -2.19. The molecule has 0 fully saturated rings. The average molecular weight is 271 g/mol. The van der Waals surface area contributed by atoms with E-state index in [0.717, 1.165) is 24.3 Å². The zero-order chi connectivity index (χ0) is 14.3. The highest BCUT2D eigenvalue weighted by Crippen LogP contribution is 2.33. The Balaban J connectivity index is 2.01. The van der Waals surface area contributed by atoms with E-state index in [4.69, 9.17) is 4.42 Å². The Bertz CT molecular complexity index is 631. The molecule has 0 saturated carbocycles. The first-order valence-electron chi connectivity index (χ1n) is 7.79. The molecule has 0 saturated heterocycles. The van der Waals surface area contributed by atoms with Crippen LogP contribution >= 0.6 is 0 Å². The summed E-state index contributed by atoms with van der Waals surface area (Å²) in [5.74, 6) is 1.11. The molecule has 0 unspecified atom stereocenters. The Morgan fingerprint density at radius 2 is 1.85 bits per heavy atom. The molecule has 1 aliphatic carbocycles. The minimum absolute atomic E-state index is 0.117. The van der Waals surface area contributed by atoms with E-state index in [-0.39, 0.29) is 5.54 Å². The Morgan fingerprint density at radius 1 is 1.15 bits per heavy atom. The third-order valence-electron chi connectivity index (χ3n) is 4.22. The standard InChI is InChI=1S/C18H25NO/c1-5-14-15-9-12-7-6-8-13(12)10-16(15)20-17(14)11-19-18(2,3)4/h9-10,19H,5-8,11H2,1-4H3. The number of hydrogen-bond acceptors (Lipinski definition) is 2. The lowest BCUT2D eigenvalue weighted by Crippen LogP contribution is -2.35. The molecule has 2 heteroatoms. The highest BCUT2D eigenvalue weighted by molar-refractivity contribution is 5.84. The summed E-state index contributed by atoms with van der Waals surface area (Å²) < 4.78 is 6.15. The van der Waals surface area contributed by atoms with Gasteiger partial charge in [0.1, 0.15) is 11.3 Å². The summed E-state index contributed by atoms with van der Waals surface area (Å²) in [5, 5.41) is 4.87. The summed E-state index contributed by atoms with van der Waals surface area (Å²) in [6, 6.07) is 4.65. The van der Waals surface area contributed by atoms with Gasteiger partial charge >= 0.3 is 0 Å². The molecule has 108 valence electrons. The number of nitrogens with one attached hydrogen (secondary N) is 1. The van der Waals surface area contributed by atoms with Crippen LogP contribution in [0.4, 0.5) is 0 Å². The van der Waals surface area contributed by atoms with Crippen LogP contribution in [-0.4, -0.2) is 5.54 Å². The van der Waals surface area contributed by atoms with Crippen molar-refractivity contribution in [2.75, 3.05) is 0 Å². The van der Waals surface area contributed by atoms with E-state index < -0.39 is 0 Å². The molecule has 2 nitrogen and oxygen atoms in total. The molecular weight excluding hydrogens is 246 g/mol. The van der Waals surface area contributed by atoms with Crippen LogP contribution < -0.4 is 5.32 Å². The zero-order valence-electron chi connectivity index (χ0n) is 13.1. The Hall–Kier alpha value is -1.28. The number of hydrogen-bond donors (Lipinski definition) is 1. The fraction of sp³-hybridized carbons (Fsp3) is 0.556. The Labute approximate surface area is 121 Å². The summed E-state index contributed by atoms with van der Waals surface area (Å²) in [4.78, 5) is 0. The van der Waals surface area contributed by atoms with Crippen molar-refractivity contribution in [1.29, 1.82) is 0 Å². The lowest BCUT2D eigenvalue weighted by atomic mass is 10.0. The van der Waals surface area contributed by atoms with E-state index >= 15 is 0 Å². The maximum Gasteiger partial charge on any atom is 0.134 e. The molecule has 1 aromatic carbocycles. The molecule has 20 heavy (non-hydrogen) atoms. The SMILES string of the molecule is CCc1c(CNC(C)(C)C)oc2cc3c(cc12)CCC3. The van der Waals surface area contributed by atoms with Gasteiger partial charge in [-0.1, -0.05) is 6.92 Å². The Kier molecular flexibility index (Phi) is 3.37. The third-order valence-corrected chi connectivity index (χ3v) is 4.22. The predicted molar refractivity (Wildman–Crippen MR) is 84.2 cm³/mol. The molecule has 0 amide bonds. The number of rotatable bonds is 3.